The van der Waals surface area contributed by atoms with Crippen molar-refractivity contribution in [1.29, 1.82) is 0 Å². The molecule has 20 heavy (non-hydrogen) atoms. The first-order chi connectivity index (χ1) is 9.75. The van der Waals surface area contributed by atoms with Crippen LogP contribution in [0.3, 0.4) is 0 Å². The zero-order valence-electron chi connectivity index (χ0n) is 10.9. The van der Waals surface area contributed by atoms with Crippen molar-refractivity contribution in [3.63, 3.8) is 0 Å². The van der Waals surface area contributed by atoms with E-state index < -0.39 is 0 Å². The smallest absolute Gasteiger partial charge is 0.307 e. The van der Waals surface area contributed by atoms with E-state index in [4.69, 9.17) is 4.74 Å². The maximum Gasteiger partial charge on any atom is 0.307 e. The van der Waals surface area contributed by atoms with E-state index in [1.54, 1.807) is 11.4 Å². The summed E-state index contributed by atoms with van der Waals surface area (Å²) in [5, 5.41) is 6.28. The highest BCUT2D eigenvalue weighted by Gasteiger charge is 2.07. The van der Waals surface area contributed by atoms with E-state index in [0.29, 0.717) is 5.56 Å². The fraction of sp³-hybridized carbons (Fsp3) is 0.200. The first-order valence-corrected chi connectivity index (χ1v) is 7.20. The zero-order valence-corrected chi connectivity index (χ0v) is 11.7. The molecule has 1 heterocycles. The van der Waals surface area contributed by atoms with Gasteiger partial charge >= 0.3 is 5.97 Å². The number of ether oxygens (including phenoxy) is 1. The molecule has 2 rings (SSSR count). The number of carbonyl (C=O) groups is 2. The molecule has 2 aromatic rings. The monoisotopic (exact) mass is 289 g/mol. The van der Waals surface area contributed by atoms with Crippen LogP contribution in [-0.4, -0.2) is 18.4 Å². The van der Waals surface area contributed by atoms with Crippen LogP contribution in [0.1, 0.15) is 22.3 Å². The van der Waals surface area contributed by atoms with Crippen LogP contribution < -0.4 is 5.32 Å². The number of thiophene rings is 1. The number of amides is 1. The number of nitrogens with one attached hydrogen (secondary N) is 1. The van der Waals surface area contributed by atoms with Crippen molar-refractivity contribution in [2.75, 3.05) is 6.54 Å². The molecule has 1 aromatic heterocycles. The molecule has 0 spiro atoms. The second-order valence-electron chi connectivity index (χ2n) is 4.16. The van der Waals surface area contributed by atoms with E-state index >= 15 is 0 Å². The number of benzene rings is 1. The highest BCUT2D eigenvalue weighted by Crippen LogP contribution is 2.05. The average molecular weight is 289 g/mol. The molecular formula is C15H15NO3S. The number of hydrogen-bond acceptors (Lipinski definition) is 4. The predicted molar refractivity (Wildman–Crippen MR) is 77.5 cm³/mol. The molecule has 1 aromatic carbocycles. The van der Waals surface area contributed by atoms with Gasteiger partial charge in [0.2, 0.25) is 0 Å². The van der Waals surface area contributed by atoms with Crippen LogP contribution in [0.5, 0.6) is 0 Å². The normalized spacial score (nSPS) is 10.0. The van der Waals surface area contributed by atoms with Crippen molar-refractivity contribution in [2.45, 2.75) is 13.0 Å². The lowest BCUT2D eigenvalue weighted by Gasteiger charge is -2.06. The number of hydrogen-bond donors (Lipinski definition) is 1. The Labute approximate surface area is 121 Å². The Morgan fingerprint density at radius 3 is 2.65 bits per heavy atom. The van der Waals surface area contributed by atoms with Gasteiger partial charge in [-0.1, -0.05) is 30.3 Å². The molecular weight excluding hydrogens is 274 g/mol. The Morgan fingerprint density at radius 1 is 1.15 bits per heavy atom. The third-order valence-electron chi connectivity index (χ3n) is 2.64. The Bertz CT molecular complexity index is 552. The maximum atomic E-state index is 11.6. The van der Waals surface area contributed by atoms with E-state index in [0.717, 1.165) is 5.56 Å². The van der Waals surface area contributed by atoms with Gasteiger partial charge in [0.25, 0.3) is 5.91 Å². The highest BCUT2D eigenvalue weighted by molar-refractivity contribution is 7.08. The summed E-state index contributed by atoms with van der Waals surface area (Å²) >= 11 is 1.46. The van der Waals surface area contributed by atoms with E-state index in [9.17, 15) is 9.59 Å². The summed E-state index contributed by atoms with van der Waals surface area (Å²) in [4.78, 5) is 23.1. The first kappa shape index (κ1) is 14.3. The zero-order chi connectivity index (χ0) is 14.2. The number of carbonyl (C=O) groups excluding carboxylic acids is 2. The fourth-order valence-electron chi connectivity index (χ4n) is 1.58. The molecule has 4 nitrogen and oxygen atoms in total. The molecule has 104 valence electrons. The predicted octanol–water partition coefficient (Wildman–Crippen LogP) is 2.61. The van der Waals surface area contributed by atoms with Crippen molar-refractivity contribution in [1.82, 2.24) is 5.32 Å². The van der Waals surface area contributed by atoms with Gasteiger partial charge in [-0.3, -0.25) is 9.59 Å². The highest BCUT2D eigenvalue weighted by atomic mass is 32.1. The van der Waals surface area contributed by atoms with Crippen molar-refractivity contribution < 1.29 is 14.3 Å². The van der Waals surface area contributed by atoms with Crippen LogP contribution in [0.2, 0.25) is 0 Å². The third-order valence-corrected chi connectivity index (χ3v) is 3.32. The summed E-state index contributed by atoms with van der Waals surface area (Å²) in [5.74, 6) is -0.485. The average Bonchev–Trinajstić information content (AvgIpc) is 3.00. The fourth-order valence-corrected chi connectivity index (χ4v) is 2.22. The van der Waals surface area contributed by atoms with Gasteiger partial charge < -0.3 is 10.1 Å². The summed E-state index contributed by atoms with van der Waals surface area (Å²) in [6.45, 7) is 0.542. The number of esters is 1. The van der Waals surface area contributed by atoms with Crippen LogP contribution in [0.15, 0.2) is 47.2 Å². The van der Waals surface area contributed by atoms with Gasteiger partial charge in [0.1, 0.15) is 6.61 Å². The van der Waals surface area contributed by atoms with Gasteiger partial charge in [-0.05, 0) is 17.0 Å². The molecule has 5 heteroatoms. The summed E-state index contributed by atoms with van der Waals surface area (Å²) in [5.41, 5.74) is 1.57. The summed E-state index contributed by atoms with van der Waals surface area (Å²) in [7, 11) is 0. The van der Waals surface area contributed by atoms with Crippen LogP contribution in [0.25, 0.3) is 0 Å². The van der Waals surface area contributed by atoms with Crippen LogP contribution in [0, 0.1) is 0 Å². The second-order valence-corrected chi connectivity index (χ2v) is 4.94. The molecule has 0 unspecified atom stereocenters. The van der Waals surface area contributed by atoms with Crippen LogP contribution >= 0.6 is 11.3 Å². The molecule has 1 amide bonds. The molecule has 0 aliphatic rings. The molecule has 0 aliphatic carbocycles. The topological polar surface area (TPSA) is 55.4 Å². The minimum Gasteiger partial charge on any atom is -0.461 e. The molecule has 0 bridgehead atoms. The lowest BCUT2D eigenvalue weighted by atomic mass is 10.2. The van der Waals surface area contributed by atoms with Crippen molar-refractivity contribution >= 4 is 23.2 Å². The third kappa shape index (κ3) is 4.51. The Balaban J connectivity index is 1.64. The quantitative estimate of drug-likeness (QED) is 0.832. The standard InChI is InChI=1S/C15H15NO3S/c17-14(19-10-12-4-2-1-3-5-12)6-8-16-15(18)13-7-9-20-11-13/h1-5,7,9,11H,6,8,10H2,(H,16,18). The first-order valence-electron chi connectivity index (χ1n) is 6.25. The second kappa shape index (κ2) is 7.45. The summed E-state index contributed by atoms with van der Waals surface area (Å²) in [6.07, 6.45) is 0.169. The lowest BCUT2D eigenvalue weighted by Crippen LogP contribution is -2.26. The summed E-state index contributed by atoms with van der Waals surface area (Å²) < 4.78 is 5.11. The minimum atomic E-state index is -0.320. The molecule has 0 radical (unpaired) electrons. The molecule has 0 saturated heterocycles. The van der Waals surface area contributed by atoms with Gasteiger partial charge in [-0.25, -0.2) is 0 Å². The molecule has 1 N–H and O–H groups in total. The summed E-state index contributed by atoms with van der Waals surface area (Å²) in [6, 6.07) is 11.2. The van der Waals surface area contributed by atoms with E-state index in [-0.39, 0.29) is 31.4 Å². The maximum absolute atomic E-state index is 11.6. The molecule has 0 atom stereocenters. The minimum absolute atomic E-state index is 0.165. The van der Waals surface area contributed by atoms with Crippen molar-refractivity contribution in [2.24, 2.45) is 0 Å². The Morgan fingerprint density at radius 2 is 1.95 bits per heavy atom. The van der Waals surface area contributed by atoms with E-state index in [2.05, 4.69) is 5.32 Å². The van der Waals surface area contributed by atoms with Gasteiger partial charge in [0.05, 0.1) is 6.42 Å². The molecule has 0 saturated carbocycles. The van der Waals surface area contributed by atoms with Crippen LogP contribution in [0.4, 0.5) is 0 Å². The lowest BCUT2D eigenvalue weighted by molar-refractivity contribution is -0.144. The van der Waals surface area contributed by atoms with Crippen molar-refractivity contribution in [3.05, 3.63) is 58.3 Å². The van der Waals surface area contributed by atoms with Crippen molar-refractivity contribution in [3.8, 4) is 0 Å². The van der Waals surface area contributed by atoms with E-state index in [1.165, 1.54) is 11.3 Å². The Kier molecular flexibility index (Phi) is 5.32. The number of rotatable bonds is 6. The van der Waals surface area contributed by atoms with Gasteiger partial charge in [0, 0.05) is 17.5 Å². The van der Waals surface area contributed by atoms with Gasteiger partial charge in [-0.15, -0.1) is 0 Å². The van der Waals surface area contributed by atoms with E-state index in [1.807, 2.05) is 35.7 Å². The van der Waals surface area contributed by atoms with Gasteiger partial charge in [-0.2, -0.15) is 11.3 Å². The molecule has 0 fully saturated rings. The Hall–Kier alpha value is -2.14. The molecule has 0 aliphatic heterocycles. The van der Waals surface area contributed by atoms with Gasteiger partial charge in [0.15, 0.2) is 0 Å². The SMILES string of the molecule is O=C(CCNC(=O)c1ccsc1)OCc1ccccc1. The largest absolute Gasteiger partial charge is 0.461 e. The van der Waals surface area contributed by atoms with Crippen LogP contribution in [-0.2, 0) is 16.1 Å².